The number of nitrogens with zero attached hydrogens (tertiary/aromatic N) is 1. The fraction of sp³-hybridized carbons (Fsp3) is 0.625. The van der Waals surface area contributed by atoms with Crippen LogP contribution in [-0.2, 0) is 6.42 Å². The summed E-state index contributed by atoms with van der Waals surface area (Å²) in [6.07, 6.45) is 6.16. The summed E-state index contributed by atoms with van der Waals surface area (Å²) in [4.78, 5) is 2.52. The maximum Gasteiger partial charge on any atom is 0.123 e. The third-order valence-electron chi connectivity index (χ3n) is 4.35. The van der Waals surface area contributed by atoms with Gasteiger partial charge in [0.1, 0.15) is 11.9 Å². The molecule has 3 rings (SSSR count). The Kier molecular flexibility index (Phi) is 4.04. The molecular weight excluding hydrogens is 238 g/mol. The highest BCUT2D eigenvalue weighted by molar-refractivity contribution is 5.37. The second-order valence-corrected chi connectivity index (χ2v) is 5.71. The van der Waals surface area contributed by atoms with Gasteiger partial charge in [0, 0.05) is 32.2 Å². The monoisotopic (exact) mass is 261 g/mol. The first-order chi connectivity index (χ1) is 9.36. The minimum absolute atomic E-state index is 0.287. The number of benzene rings is 1. The van der Waals surface area contributed by atoms with Gasteiger partial charge in [0.05, 0.1) is 0 Å². The Labute approximate surface area is 115 Å². The summed E-state index contributed by atoms with van der Waals surface area (Å²) < 4.78 is 6.03. The summed E-state index contributed by atoms with van der Waals surface area (Å²) in [7, 11) is 0. The van der Waals surface area contributed by atoms with E-state index in [4.69, 9.17) is 9.84 Å². The van der Waals surface area contributed by atoms with E-state index >= 15 is 0 Å². The smallest absolute Gasteiger partial charge is 0.123 e. The molecule has 0 spiro atoms. The van der Waals surface area contributed by atoms with Gasteiger partial charge in [-0.3, -0.25) is 4.90 Å². The van der Waals surface area contributed by atoms with Gasteiger partial charge in [0.25, 0.3) is 0 Å². The molecule has 1 N–H and O–H groups in total. The predicted octanol–water partition coefficient (Wildman–Crippen LogP) is 2.23. The molecule has 1 saturated carbocycles. The highest BCUT2D eigenvalue weighted by Gasteiger charge is 2.30. The second-order valence-electron chi connectivity index (χ2n) is 5.71. The van der Waals surface area contributed by atoms with Crippen LogP contribution in [0.5, 0.6) is 5.75 Å². The zero-order valence-corrected chi connectivity index (χ0v) is 11.4. The second kappa shape index (κ2) is 5.93. The summed E-state index contributed by atoms with van der Waals surface area (Å²) >= 11 is 0. The first-order valence-electron chi connectivity index (χ1n) is 7.46. The van der Waals surface area contributed by atoms with E-state index in [1.54, 1.807) is 0 Å². The maximum absolute atomic E-state index is 9.03. The van der Waals surface area contributed by atoms with E-state index in [2.05, 4.69) is 23.1 Å². The van der Waals surface area contributed by atoms with E-state index in [0.29, 0.717) is 0 Å². The first-order valence-corrected chi connectivity index (χ1v) is 7.46. The Morgan fingerprint density at radius 2 is 2.11 bits per heavy atom. The number of hydrogen-bond acceptors (Lipinski definition) is 3. The van der Waals surface area contributed by atoms with E-state index in [1.807, 2.05) is 6.07 Å². The van der Waals surface area contributed by atoms with E-state index in [-0.39, 0.29) is 12.7 Å². The summed E-state index contributed by atoms with van der Waals surface area (Å²) in [5.74, 6) is 1.06. The SMILES string of the molecule is OCCCN(CC1Cc2ccccc2O1)C1CCC1. The van der Waals surface area contributed by atoms with E-state index in [9.17, 15) is 0 Å². The van der Waals surface area contributed by atoms with Gasteiger partial charge < -0.3 is 9.84 Å². The van der Waals surface area contributed by atoms with Crippen LogP contribution in [0.1, 0.15) is 31.2 Å². The van der Waals surface area contributed by atoms with Crippen molar-refractivity contribution in [3.05, 3.63) is 29.8 Å². The largest absolute Gasteiger partial charge is 0.488 e. The Morgan fingerprint density at radius 1 is 1.26 bits per heavy atom. The van der Waals surface area contributed by atoms with Gasteiger partial charge in [-0.2, -0.15) is 0 Å². The van der Waals surface area contributed by atoms with Crippen LogP contribution in [0.2, 0.25) is 0 Å². The van der Waals surface area contributed by atoms with Crippen molar-refractivity contribution in [2.45, 2.75) is 44.2 Å². The predicted molar refractivity (Wildman–Crippen MR) is 75.5 cm³/mol. The maximum atomic E-state index is 9.03. The highest BCUT2D eigenvalue weighted by atomic mass is 16.5. The molecule has 3 nitrogen and oxygen atoms in total. The molecule has 1 aromatic rings. The molecule has 0 amide bonds. The minimum Gasteiger partial charge on any atom is -0.488 e. The number of hydrogen-bond donors (Lipinski definition) is 1. The molecule has 0 radical (unpaired) electrons. The van der Waals surface area contributed by atoms with Gasteiger partial charge in [-0.15, -0.1) is 0 Å². The zero-order valence-electron chi connectivity index (χ0n) is 11.4. The van der Waals surface area contributed by atoms with Crippen LogP contribution in [0.4, 0.5) is 0 Å². The van der Waals surface area contributed by atoms with E-state index in [0.717, 1.165) is 37.7 Å². The molecule has 1 aliphatic carbocycles. The van der Waals surface area contributed by atoms with E-state index in [1.165, 1.54) is 24.8 Å². The van der Waals surface area contributed by atoms with Crippen LogP contribution < -0.4 is 4.74 Å². The molecule has 3 heteroatoms. The van der Waals surface area contributed by atoms with Crippen molar-refractivity contribution in [2.75, 3.05) is 19.7 Å². The molecule has 1 heterocycles. The molecular formula is C16H23NO2. The number of aliphatic hydroxyl groups is 1. The third kappa shape index (κ3) is 2.93. The Balaban J connectivity index is 1.57. The zero-order chi connectivity index (χ0) is 13.1. The van der Waals surface area contributed by atoms with Gasteiger partial charge in [-0.1, -0.05) is 24.6 Å². The topological polar surface area (TPSA) is 32.7 Å². The molecule has 1 aliphatic heterocycles. The van der Waals surface area contributed by atoms with Gasteiger partial charge in [-0.25, -0.2) is 0 Å². The number of rotatable bonds is 6. The fourth-order valence-electron chi connectivity index (χ4n) is 3.07. The van der Waals surface area contributed by atoms with Crippen LogP contribution in [0.25, 0.3) is 0 Å². The Bertz CT molecular complexity index is 392. The third-order valence-corrected chi connectivity index (χ3v) is 4.35. The summed E-state index contributed by atoms with van der Waals surface area (Å²) in [6, 6.07) is 9.07. The van der Waals surface area contributed by atoms with Crippen molar-refractivity contribution >= 4 is 0 Å². The van der Waals surface area contributed by atoms with Crippen molar-refractivity contribution in [1.82, 2.24) is 4.90 Å². The van der Waals surface area contributed by atoms with Crippen molar-refractivity contribution < 1.29 is 9.84 Å². The van der Waals surface area contributed by atoms with Crippen molar-refractivity contribution in [3.8, 4) is 5.75 Å². The summed E-state index contributed by atoms with van der Waals surface area (Å²) in [5.41, 5.74) is 1.34. The van der Waals surface area contributed by atoms with Crippen molar-refractivity contribution in [1.29, 1.82) is 0 Å². The van der Waals surface area contributed by atoms with Gasteiger partial charge >= 0.3 is 0 Å². The first kappa shape index (κ1) is 12.9. The highest BCUT2D eigenvalue weighted by Crippen LogP contribution is 2.31. The molecule has 104 valence electrons. The van der Waals surface area contributed by atoms with Gasteiger partial charge in [0.15, 0.2) is 0 Å². The summed E-state index contributed by atoms with van der Waals surface area (Å²) in [6.45, 7) is 2.28. The number of ether oxygens (including phenoxy) is 1. The normalized spacial score (nSPS) is 22.1. The number of para-hydroxylation sites is 1. The molecule has 1 fully saturated rings. The lowest BCUT2D eigenvalue weighted by atomic mass is 9.91. The lowest BCUT2D eigenvalue weighted by molar-refractivity contribution is 0.0726. The lowest BCUT2D eigenvalue weighted by Gasteiger charge is -2.38. The average molecular weight is 261 g/mol. The average Bonchev–Trinajstić information content (AvgIpc) is 2.76. The van der Waals surface area contributed by atoms with Crippen molar-refractivity contribution in [2.24, 2.45) is 0 Å². The molecule has 1 aromatic carbocycles. The van der Waals surface area contributed by atoms with Crippen molar-refractivity contribution in [3.63, 3.8) is 0 Å². The Hall–Kier alpha value is -1.06. The standard InChI is InChI=1S/C16H23NO2/c18-10-4-9-17(14-6-3-7-14)12-15-11-13-5-1-2-8-16(13)19-15/h1-2,5,8,14-15,18H,3-4,6-7,9-12H2. The molecule has 2 aliphatic rings. The molecule has 0 saturated heterocycles. The molecule has 1 atom stereocenters. The van der Waals surface area contributed by atoms with Gasteiger partial charge in [-0.05, 0) is 30.9 Å². The van der Waals surface area contributed by atoms with Crippen LogP contribution in [0, 0.1) is 0 Å². The van der Waals surface area contributed by atoms with Crippen LogP contribution in [0.15, 0.2) is 24.3 Å². The number of fused-ring (bicyclic) bond motifs is 1. The van der Waals surface area contributed by atoms with Crippen LogP contribution >= 0.6 is 0 Å². The van der Waals surface area contributed by atoms with Crippen LogP contribution in [-0.4, -0.2) is 41.8 Å². The van der Waals surface area contributed by atoms with Gasteiger partial charge in [0.2, 0.25) is 0 Å². The molecule has 0 bridgehead atoms. The lowest BCUT2D eigenvalue weighted by Crippen LogP contribution is -2.45. The Morgan fingerprint density at radius 3 is 2.79 bits per heavy atom. The number of aliphatic hydroxyl groups excluding tert-OH is 1. The molecule has 0 aromatic heterocycles. The summed E-state index contributed by atoms with van der Waals surface area (Å²) in [5, 5.41) is 9.03. The molecule has 19 heavy (non-hydrogen) atoms. The van der Waals surface area contributed by atoms with Crippen LogP contribution in [0.3, 0.4) is 0 Å². The minimum atomic E-state index is 0.287. The quantitative estimate of drug-likeness (QED) is 0.852. The molecule has 1 unspecified atom stereocenters. The van der Waals surface area contributed by atoms with E-state index < -0.39 is 0 Å². The fourth-order valence-corrected chi connectivity index (χ4v) is 3.07.